The molecule has 4 heteroatoms. The van der Waals surface area contributed by atoms with Gasteiger partial charge in [0.05, 0.1) is 6.61 Å². The molecule has 0 aliphatic rings. The molecule has 0 spiro atoms. The van der Waals surface area contributed by atoms with Gasteiger partial charge in [0, 0.05) is 31.4 Å². The molecule has 100 valence electrons. The van der Waals surface area contributed by atoms with Crippen molar-refractivity contribution in [3.05, 3.63) is 29.8 Å². The molecule has 1 aromatic rings. The third-order valence-corrected chi connectivity index (χ3v) is 2.86. The SMILES string of the molecule is CCCCN(CCO)C(=O)c1ccc(NC)cc1. The molecule has 18 heavy (non-hydrogen) atoms. The lowest BCUT2D eigenvalue weighted by molar-refractivity contribution is 0.0719. The summed E-state index contributed by atoms with van der Waals surface area (Å²) in [5.41, 5.74) is 1.65. The third kappa shape index (κ3) is 4.04. The number of hydrogen-bond donors (Lipinski definition) is 2. The van der Waals surface area contributed by atoms with Crippen LogP contribution in [0, 0.1) is 0 Å². The number of carbonyl (C=O) groups is 1. The Morgan fingerprint density at radius 2 is 1.94 bits per heavy atom. The molecule has 0 unspecified atom stereocenters. The summed E-state index contributed by atoms with van der Waals surface area (Å²) in [5, 5.41) is 12.0. The topological polar surface area (TPSA) is 52.6 Å². The number of unbranched alkanes of at least 4 members (excludes halogenated alkanes) is 1. The van der Waals surface area contributed by atoms with Crippen LogP contribution in [-0.4, -0.2) is 42.7 Å². The lowest BCUT2D eigenvalue weighted by Gasteiger charge is -2.21. The molecule has 0 aliphatic carbocycles. The molecule has 0 saturated carbocycles. The number of benzene rings is 1. The summed E-state index contributed by atoms with van der Waals surface area (Å²) in [4.78, 5) is 13.9. The van der Waals surface area contributed by atoms with E-state index >= 15 is 0 Å². The van der Waals surface area contributed by atoms with Crippen molar-refractivity contribution in [1.29, 1.82) is 0 Å². The predicted molar refractivity (Wildman–Crippen MR) is 73.9 cm³/mol. The lowest BCUT2D eigenvalue weighted by atomic mass is 10.1. The standard InChI is InChI=1S/C14H22N2O2/c1-3-4-9-16(10-11-17)14(18)12-5-7-13(15-2)8-6-12/h5-8,15,17H,3-4,9-11H2,1-2H3. The van der Waals surface area contributed by atoms with E-state index in [0.29, 0.717) is 18.7 Å². The van der Waals surface area contributed by atoms with Crippen LogP contribution in [0.4, 0.5) is 5.69 Å². The average Bonchev–Trinajstić information content (AvgIpc) is 2.43. The van der Waals surface area contributed by atoms with E-state index in [9.17, 15) is 4.79 Å². The molecule has 2 N–H and O–H groups in total. The molecule has 1 aromatic carbocycles. The number of hydrogen-bond acceptors (Lipinski definition) is 3. The Hall–Kier alpha value is -1.55. The van der Waals surface area contributed by atoms with E-state index in [1.807, 2.05) is 31.3 Å². The number of aliphatic hydroxyl groups is 1. The Bertz CT molecular complexity index is 363. The highest BCUT2D eigenvalue weighted by molar-refractivity contribution is 5.94. The quantitative estimate of drug-likeness (QED) is 0.778. The molecule has 0 fully saturated rings. The summed E-state index contributed by atoms with van der Waals surface area (Å²) < 4.78 is 0. The molecule has 0 atom stereocenters. The molecule has 0 aromatic heterocycles. The highest BCUT2D eigenvalue weighted by atomic mass is 16.3. The molecule has 0 bridgehead atoms. The van der Waals surface area contributed by atoms with Crippen LogP contribution < -0.4 is 5.32 Å². The van der Waals surface area contributed by atoms with Gasteiger partial charge in [-0.15, -0.1) is 0 Å². The molecule has 4 nitrogen and oxygen atoms in total. The van der Waals surface area contributed by atoms with Gasteiger partial charge >= 0.3 is 0 Å². The van der Waals surface area contributed by atoms with Crippen molar-refractivity contribution in [1.82, 2.24) is 4.90 Å². The molecule has 1 amide bonds. The predicted octanol–water partition coefficient (Wildman–Crippen LogP) is 1.96. The van der Waals surface area contributed by atoms with E-state index in [1.54, 1.807) is 4.90 Å². The maximum Gasteiger partial charge on any atom is 0.253 e. The molecule has 0 heterocycles. The Balaban J connectivity index is 2.73. The van der Waals surface area contributed by atoms with Crippen molar-refractivity contribution in [2.75, 3.05) is 32.1 Å². The number of nitrogens with zero attached hydrogens (tertiary/aromatic N) is 1. The van der Waals surface area contributed by atoms with Crippen molar-refractivity contribution < 1.29 is 9.90 Å². The summed E-state index contributed by atoms with van der Waals surface area (Å²) in [7, 11) is 1.84. The summed E-state index contributed by atoms with van der Waals surface area (Å²) in [6, 6.07) is 7.38. The van der Waals surface area contributed by atoms with E-state index in [0.717, 1.165) is 18.5 Å². The summed E-state index contributed by atoms with van der Waals surface area (Å²) in [5.74, 6) is -0.0137. The normalized spacial score (nSPS) is 10.2. The zero-order chi connectivity index (χ0) is 13.4. The van der Waals surface area contributed by atoms with Crippen molar-refractivity contribution >= 4 is 11.6 Å². The Morgan fingerprint density at radius 3 is 2.44 bits per heavy atom. The third-order valence-electron chi connectivity index (χ3n) is 2.86. The molecular formula is C14H22N2O2. The van der Waals surface area contributed by atoms with Crippen LogP contribution in [-0.2, 0) is 0 Å². The first-order chi connectivity index (χ1) is 8.72. The first-order valence-corrected chi connectivity index (χ1v) is 6.40. The van der Waals surface area contributed by atoms with Gasteiger partial charge < -0.3 is 15.3 Å². The smallest absolute Gasteiger partial charge is 0.253 e. The molecule has 0 saturated heterocycles. The fourth-order valence-corrected chi connectivity index (χ4v) is 1.75. The van der Waals surface area contributed by atoms with Gasteiger partial charge in [-0.2, -0.15) is 0 Å². The van der Waals surface area contributed by atoms with Crippen LogP contribution >= 0.6 is 0 Å². The number of nitrogens with one attached hydrogen (secondary N) is 1. The zero-order valence-electron chi connectivity index (χ0n) is 11.1. The van der Waals surface area contributed by atoms with Crippen molar-refractivity contribution in [2.24, 2.45) is 0 Å². The van der Waals surface area contributed by atoms with Crippen LogP contribution in [0.25, 0.3) is 0 Å². The minimum atomic E-state index is -0.0137. The first-order valence-electron chi connectivity index (χ1n) is 6.40. The second-order valence-corrected chi connectivity index (χ2v) is 4.20. The summed E-state index contributed by atoms with van der Waals surface area (Å²) in [6.07, 6.45) is 1.99. The minimum Gasteiger partial charge on any atom is -0.395 e. The van der Waals surface area contributed by atoms with Crippen LogP contribution in [0.3, 0.4) is 0 Å². The Morgan fingerprint density at radius 1 is 1.28 bits per heavy atom. The van der Waals surface area contributed by atoms with Crippen LogP contribution in [0.2, 0.25) is 0 Å². The first kappa shape index (κ1) is 14.5. The van der Waals surface area contributed by atoms with E-state index in [2.05, 4.69) is 12.2 Å². The van der Waals surface area contributed by atoms with Crippen molar-refractivity contribution in [3.63, 3.8) is 0 Å². The number of aliphatic hydroxyl groups excluding tert-OH is 1. The molecule has 0 aliphatic heterocycles. The number of rotatable bonds is 7. The maximum absolute atomic E-state index is 12.2. The second kappa shape index (κ2) is 7.71. The Kier molecular flexibility index (Phi) is 6.22. The fraction of sp³-hybridized carbons (Fsp3) is 0.500. The van der Waals surface area contributed by atoms with Gasteiger partial charge in [-0.05, 0) is 30.7 Å². The van der Waals surface area contributed by atoms with Gasteiger partial charge in [-0.25, -0.2) is 0 Å². The van der Waals surface area contributed by atoms with Crippen LogP contribution in [0.1, 0.15) is 30.1 Å². The van der Waals surface area contributed by atoms with E-state index in [1.165, 1.54) is 0 Å². The zero-order valence-corrected chi connectivity index (χ0v) is 11.1. The number of carbonyl (C=O) groups excluding carboxylic acids is 1. The van der Waals surface area contributed by atoms with Crippen LogP contribution in [0.15, 0.2) is 24.3 Å². The van der Waals surface area contributed by atoms with Gasteiger partial charge in [-0.3, -0.25) is 4.79 Å². The Labute approximate surface area is 109 Å². The summed E-state index contributed by atoms with van der Waals surface area (Å²) in [6.45, 7) is 3.18. The molecule has 0 radical (unpaired) electrons. The monoisotopic (exact) mass is 250 g/mol. The van der Waals surface area contributed by atoms with E-state index < -0.39 is 0 Å². The van der Waals surface area contributed by atoms with Crippen molar-refractivity contribution in [3.8, 4) is 0 Å². The average molecular weight is 250 g/mol. The second-order valence-electron chi connectivity index (χ2n) is 4.20. The van der Waals surface area contributed by atoms with Gasteiger partial charge in [0.15, 0.2) is 0 Å². The van der Waals surface area contributed by atoms with Gasteiger partial charge in [-0.1, -0.05) is 13.3 Å². The highest BCUT2D eigenvalue weighted by Crippen LogP contribution is 2.11. The van der Waals surface area contributed by atoms with E-state index in [4.69, 9.17) is 5.11 Å². The largest absolute Gasteiger partial charge is 0.395 e. The van der Waals surface area contributed by atoms with Crippen LogP contribution in [0.5, 0.6) is 0 Å². The lowest BCUT2D eigenvalue weighted by Crippen LogP contribution is -2.34. The summed E-state index contributed by atoms with van der Waals surface area (Å²) >= 11 is 0. The van der Waals surface area contributed by atoms with E-state index in [-0.39, 0.29) is 12.5 Å². The fourth-order valence-electron chi connectivity index (χ4n) is 1.75. The molecular weight excluding hydrogens is 228 g/mol. The van der Waals surface area contributed by atoms with Crippen molar-refractivity contribution in [2.45, 2.75) is 19.8 Å². The number of anilines is 1. The molecule has 1 rings (SSSR count). The maximum atomic E-state index is 12.2. The van der Waals surface area contributed by atoms with Gasteiger partial charge in [0.25, 0.3) is 5.91 Å². The highest BCUT2D eigenvalue weighted by Gasteiger charge is 2.14. The van der Waals surface area contributed by atoms with Gasteiger partial charge in [0.2, 0.25) is 0 Å². The number of amides is 1. The minimum absolute atomic E-state index is 0.00402. The van der Waals surface area contributed by atoms with Gasteiger partial charge in [0.1, 0.15) is 0 Å².